The van der Waals surface area contributed by atoms with Gasteiger partial charge in [0.25, 0.3) is 5.91 Å². The minimum atomic E-state index is -0.339. The summed E-state index contributed by atoms with van der Waals surface area (Å²) in [6.07, 6.45) is 1.55. The van der Waals surface area contributed by atoms with Crippen LogP contribution in [0.4, 0.5) is 0 Å². The summed E-state index contributed by atoms with van der Waals surface area (Å²) in [6, 6.07) is 29.0. The van der Waals surface area contributed by atoms with Gasteiger partial charge in [0.05, 0.1) is 16.3 Å². The minimum Gasteiger partial charge on any atom is -0.489 e. The van der Waals surface area contributed by atoms with E-state index in [0.29, 0.717) is 39.5 Å². The summed E-state index contributed by atoms with van der Waals surface area (Å²) in [5.74, 6) is 1.64. The van der Waals surface area contributed by atoms with Crippen molar-refractivity contribution >= 4 is 35.3 Å². The zero-order valence-electron chi connectivity index (χ0n) is 17.9. The molecule has 0 atom stereocenters. The van der Waals surface area contributed by atoms with E-state index in [1.165, 1.54) is 0 Å². The molecule has 0 radical (unpaired) electrons. The molecule has 4 aromatic carbocycles. The number of rotatable bonds is 8. The first-order chi connectivity index (χ1) is 16.6. The number of benzene rings is 4. The van der Waals surface area contributed by atoms with Gasteiger partial charge < -0.3 is 9.47 Å². The molecule has 0 heterocycles. The molecule has 4 aromatic rings. The number of ether oxygens (including phenoxy) is 2. The number of nitrogens with one attached hydrogen (secondary N) is 1. The number of nitrogens with zero attached hydrogens (tertiary/aromatic N) is 1. The zero-order valence-corrected chi connectivity index (χ0v) is 19.5. The monoisotopic (exact) mass is 490 g/mol. The van der Waals surface area contributed by atoms with Crippen molar-refractivity contribution in [1.82, 2.24) is 5.43 Å². The maximum absolute atomic E-state index is 12.4. The molecule has 0 bridgehead atoms. The lowest BCUT2D eigenvalue weighted by Crippen LogP contribution is -2.17. The van der Waals surface area contributed by atoms with Crippen molar-refractivity contribution in [3.05, 3.63) is 124 Å². The van der Waals surface area contributed by atoms with Crippen LogP contribution in [0.5, 0.6) is 17.2 Å². The summed E-state index contributed by atoms with van der Waals surface area (Å²) in [7, 11) is 0. The number of amides is 1. The number of hydrogen-bond donors (Lipinski definition) is 1. The highest BCUT2D eigenvalue weighted by Gasteiger charge is 2.06. The summed E-state index contributed by atoms with van der Waals surface area (Å²) in [6.45, 7) is 0.331. The lowest BCUT2D eigenvalue weighted by Gasteiger charge is -2.08. The second-order valence-electron chi connectivity index (χ2n) is 7.21. The van der Waals surface area contributed by atoms with Crippen LogP contribution >= 0.6 is 23.2 Å². The Labute approximate surface area is 207 Å². The van der Waals surface area contributed by atoms with Gasteiger partial charge in [0, 0.05) is 11.1 Å². The summed E-state index contributed by atoms with van der Waals surface area (Å²) in [4.78, 5) is 12.4. The number of hydrazone groups is 1. The van der Waals surface area contributed by atoms with Crippen LogP contribution in [0.1, 0.15) is 21.5 Å². The third-order valence-electron chi connectivity index (χ3n) is 4.77. The highest BCUT2D eigenvalue weighted by molar-refractivity contribution is 6.42. The number of hydrogen-bond acceptors (Lipinski definition) is 4. The van der Waals surface area contributed by atoms with Gasteiger partial charge in [-0.25, -0.2) is 5.43 Å². The smallest absolute Gasteiger partial charge is 0.271 e. The van der Waals surface area contributed by atoms with Crippen LogP contribution in [-0.4, -0.2) is 12.1 Å². The first-order valence-electron chi connectivity index (χ1n) is 10.4. The molecule has 5 nitrogen and oxygen atoms in total. The van der Waals surface area contributed by atoms with Crippen molar-refractivity contribution < 1.29 is 14.3 Å². The Morgan fingerprint density at radius 1 is 0.824 bits per heavy atom. The van der Waals surface area contributed by atoms with E-state index in [-0.39, 0.29) is 5.91 Å². The predicted molar refractivity (Wildman–Crippen MR) is 135 cm³/mol. The van der Waals surface area contributed by atoms with Crippen molar-refractivity contribution in [3.8, 4) is 17.2 Å². The van der Waals surface area contributed by atoms with E-state index in [9.17, 15) is 4.79 Å². The highest BCUT2D eigenvalue weighted by Crippen LogP contribution is 2.25. The molecule has 1 N–H and O–H groups in total. The maximum atomic E-state index is 12.4. The molecular formula is C27H20Cl2N2O3. The Hall–Kier alpha value is -3.80. The summed E-state index contributed by atoms with van der Waals surface area (Å²) < 4.78 is 11.6. The Kier molecular flexibility index (Phi) is 7.81. The van der Waals surface area contributed by atoms with Crippen molar-refractivity contribution in [2.45, 2.75) is 6.61 Å². The van der Waals surface area contributed by atoms with Crippen LogP contribution in [0.2, 0.25) is 10.0 Å². The van der Waals surface area contributed by atoms with Gasteiger partial charge in [-0.3, -0.25) is 4.79 Å². The molecule has 0 aliphatic heterocycles. The molecule has 34 heavy (non-hydrogen) atoms. The van der Waals surface area contributed by atoms with E-state index in [2.05, 4.69) is 10.5 Å². The average molecular weight is 491 g/mol. The standard InChI is InChI=1S/C27H20Cl2N2O3/c28-24-15-10-19(16-25(24)29)18-33-22-13-11-20(12-14-22)27(32)31-30-17-21-6-4-5-9-26(21)34-23-7-2-1-3-8-23/h1-17H,18H2,(H,31,32)/b30-17+. The predicted octanol–water partition coefficient (Wildman–Crippen LogP) is 7.13. The molecule has 0 aliphatic rings. The lowest BCUT2D eigenvalue weighted by atomic mass is 10.2. The van der Waals surface area contributed by atoms with Crippen LogP contribution in [-0.2, 0) is 6.61 Å². The second kappa shape index (κ2) is 11.4. The average Bonchev–Trinajstić information content (AvgIpc) is 2.86. The van der Waals surface area contributed by atoms with Gasteiger partial charge in [0.15, 0.2) is 0 Å². The Morgan fingerprint density at radius 3 is 2.32 bits per heavy atom. The molecule has 4 rings (SSSR count). The van der Waals surface area contributed by atoms with Crippen molar-refractivity contribution in [2.75, 3.05) is 0 Å². The van der Waals surface area contributed by atoms with E-state index in [0.717, 1.165) is 11.1 Å². The van der Waals surface area contributed by atoms with E-state index in [4.69, 9.17) is 32.7 Å². The number of halogens is 2. The summed E-state index contributed by atoms with van der Waals surface area (Å²) in [5, 5.41) is 5.05. The molecular weight excluding hydrogens is 471 g/mol. The highest BCUT2D eigenvalue weighted by atomic mass is 35.5. The topological polar surface area (TPSA) is 59.9 Å². The third kappa shape index (κ3) is 6.38. The van der Waals surface area contributed by atoms with Gasteiger partial charge >= 0.3 is 0 Å². The molecule has 1 amide bonds. The fourth-order valence-electron chi connectivity index (χ4n) is 3.02. The number of carbonyl (C=O) groups is 1. The Balaban J connectivity index is 1.33. The molecule has 0 saturated heterocycles. The molecule has 0 aromatic heterocycles. The number of para-hydroxylation sites is 2. The minimum absolute atomic E-state index is 0.331. The summed E-state index contributed by atoms with van der Waals surface area (Å²) in [5.41, 5.74) is 4.61. The van der Waals surface area contributed by atoms with Gasteiger partial charge in [-0.1, -0.05) is 59.6 Å². The molecule has 0 saturated carbocycles. The SMILES string of the molecule is O=C(N/N=C/c1ccccc1Oc1ccccc1)c1ccc(OCc2ccc(Cl)c(Cl)c2)cc1. The molecule has 0 fully saturated rings. The van der Waals surface area contributed by atoms with Crippen LogP contribution in [0.25, 0.3) is 0 Å². The van der Waals surface area contributed by atoms with E-state index in [1.807, 2.05) is 60.7 Å². The molecule has 170 valence electrons. The maximum Gasteiger partial charge on any atom is 0.271 e. The van der Waals surface area contributed by atoms with E-state index < -0.39 is 0 Å². The van der Waals surface area contributed by atoms with Crippen molar-refractivity contribution in [3.63, 3.8) is 0 Å². The van der Waals surface area contributed by atoms with E-state index >= 15 is 0 Å². The van der Waals surface area contributed by atoms with Crippen molar-refractivity contribution in [2.24, 2.45) is 5.10 Å². The summed E-state index contributed by atoms with van der Waals surface area (Å²) >= 11 is 12.0. The van der Waals surface area contributed by atoms with E-state index in [1.54, 1.807) is 42.6 Å². The first kappa shape index (κ1) is 23.4. The molecule has 0 unspecified atom stereocenters. The molecule has 0 spiro atoms. The van der Waals surface area contributed by atoms with Gasteiger partial charge in [0.1, 0.15) is 23.9 Å². The van der Waals surface area contributed by atoms with Gasteiger partial charge in [0.2, 0.25) is 0 Å². The Bertz CT molecular complexity index is 1290. The van der Waals surface area contributed by atoms with Crippen LogP contribution in [0.3, 0.4) is 0 Å². The first-order valence-corrected chi connectivity index (χ1v) is 11.2. The fraction of sp³-hybridized carbons (Fsp3) is 0.0370. The van der Waals surface area contributed by atoms with Crippen LogP contribution < -0.4 is 14.9 Å². The van der Waals surface area contributed by atoms with Gasteiger partial charge in [-0.15, -0.1) is 0 Å². The fourth-order valence-corrected chi connectivity index (χ4v) is 3.34. The quantitative estimate of drug-likeness (QED) is 0.211. The van der Waals surface area contributed by atoms with Gasteiger partial charge in [-0.2, -0.15) is 5.10 Å². The number of carbonyl (C=O) groups excluding carboxylic acids is 1. The van der Waals surface area contributed by atoms with Gasteiger partial charge in [-0.05, 0) is 66.2 Å². The largest absolute Gasteiger partial charge is 0.489 e. The normalized spacial score (nSPS) is 10.8. The lowest BCUT2D eigenvalue weighted by molar-refractivity contribution is 0.0955. The van der Waals surface area contributed by atoms with Crippen LogP contribution in [0, 0.1) is 0 Å². The third-order valence-corrected chi connectivity index (χ3v) is 5.50. The zero-order chi connectivity index (χ0) is 23.8. The molecule has 0 aliphatic carbocycles. The van der Waals surface area contributed by atoms with Crippen LogP contribution in [0.15, 0.2) is 102 Å². The second-order valence-corrected chi connectivity index (χ2v) is 8.03. The van der Waals surface area contributed by atoms with Crippen molar-refractivity contribution in [1.29, 1.82) is 0 Å². The Morgan fingerprint density at radius 2 is 1.56 bits per heavy atom. The molecule has 7 heteroatoms.